The normalized spacial score (nSPS) is 16.4. The van der Waals surface area contributed by atoms with E-state index < -0.39 is 0 Å². The van der Waals surface area contributed by atoms with E-state index in [0.717, 1.165) is 37.6 Å². The van der Waals surface area contributed by atoms with Crippen molar-refractivity contribution in [2.24, 2.45) is 0 Å². The van der Waals surface area contributed by atoms with Gasteiger partial charge >= 0.3 is 0 Å². The molecular weight excluding hydrogens is 502 g/mol. The molecule has 198 valence electrons. The van der Waals surface area contributed by atoms with Crippen LogP contribution in [-0.4, -0.2) is 78.0 Å². The number of benzene rings is 2. The third kappa shape index (κ3) is 6.35. The Balaban J connectivity index is 1.19. The molecule has 5 rings (SSSR count). The highest BCUT2D eigenvalue weighted by molar-refractivity contribution is 6.31. The van der Waals surface area contributed by atoms with E-state index in [1.54, 1.807) is 17.1 Å². The van der Waals surface area contributed by atoms with Gasteiger partial charge in [-0.3, -0.25) is 4.79 Å². The highest BCUT2D eigenvalue weighted by Crippen LogP contribution is 2.30. The van der Waals surface area contributed by atoms with Crippen molar-refractivity contribution < 1.29 is 9.53 Å². The Morgan fingerprint density at radius 2 is 1.84 bits per heavy atom. The van der Waals surface area contributed by atoms with Crippen molar-refractivity contribution in [3.63, 3.8) is 0 Å². The summed E-state index contributed by atoms with van der Waals surface area (Å²) in [5.74, 6) is 1.30. The van der Waals surface area contributed by atoms with E-state index in [2.05, 4.69) is 49.6 Å². The van der Waals surface area contributed by atoms with Crippen LogP contribution >= 0.6 is 11.6 Å². The summed E-state index contributed by atoms with van der Waals surface area (Å²) in [6.07, 6.45) is 4.87. The van der Waals surface area contributed by atoms with Crippen LogP contribution < -0.4 is 20.3 Å². The molecule has 0 bridgehead atoms. The average molecular weight is 534 g/mol. The second-order valence-corrected chi connectivity index (χ2v) is 9.93. The number of carbonyl (C=O) groups excluding carboxylic acids is 1. The van der Waals surface area contributed by atoms with Gasteiger partial charge in [0.15, 0.2) is 0 Å². The zero-order valence-electron chi connectivity index (χ0n) is 21.6. The number of carbonyl (C=O) groups is 1. The molecule has 38 heavy (non-hydrogen) atoms. The van der Waals surface area contributed by atoms with E-state index in [9.17, 15) is 4.79 Å². The molecule has 0 aliphatic carbocycles. The third-order valence-electron chi connectivity index (χ3n) is 6.63. The summed E-state index contributed by atoms with van der Waals surface area (Å²) in [5.41, 5.74) is 2.98. The van der Waals surface area contributed by atoms with Gasteiger partial charge in [0.25, 0.3) is 0 Å². The number of hydrogen-bond donors (Lipinski definition) is 2. The fourth-order valence-electron chi connectivity index (χ4n) is 4.43. The van der Waals surface area contributed by atoms with Crippen LogP contribution in [0.15, 0.2) is 66.9 Å². The molecule has 2 N–H and O–H groups in total. The summed E-state index contributed by atoms with van der Waals surface area (Å²) >= 11 is 6.35. The Bertz CT molecular complexity index is 1290. The monoisotopic (exact) mass is 533 g/mol. The summed E-state index contributed by atoms with van der Waals surface area (Å²) in [6.45, 7) is 7.35. The lowest BCUT2D eigenvalue weighted by Gasteiger charge is -2.39. The first-order chi connectivity index (χ1) is 18.5. The molecule has 2 fully saturated rings. The van der Waals surface area contributed by atoms with Gasteiger partial charge < -0.3 is 30.1 Å². The van der Waals surface area contributed by atoms with Gasteiger partial charge in [0, 0.05) is 62.4 Å². The largest absolute Gasteiger partial charge is 0.437 e. The Morgan fingerprint density at radius 3 is 2.58 bits per heavy atom. The summed E-state index contributed by atoms with van der Waals surface area (Å²) in [5, 5.41) is 6.99. The Labute approximate surface area is 228 Å². The number of allylic oxidation sites excluding steroid dienone is 1. The number of amides is 1. The molecule has 1 amide bonds. The van der Waals surface area contributed by atoms with Crippen molar-refractivity contribution in [2.75, 3.05) is 61.8 Å². The highest BCUT2D eigenvalue weighted by Gasteiger charge is 2.29. The molecule has 0 atom stereocenters. The molecule has 9 nitrogen and oxygen atoms in total. The first kappa shape index (κ1) is 25.8. The first-order valence-electron chi connectivity index (χ1n) is 12.8. The van der Waals surface area contributed by atoms with E-state index in [1.165, 1.54) is 11.9 Å². The SMILES string of the molecule is C/C=C\C(=O)N1CC(Nc2cccc(Oc3nc(Nc4ccc(N5CCN(C)CC5)cc4)ncc3Cl)c2)C1. The molecule has 10 heteroatoms. The quantitative estimate of drug-likeness (QED) is 0.406. The number of halogens is 1. The van der Waals surface area contributed by atoms with E-state index in [-0.39, 0.29) is 17.8 Å². The number of likely N-dealkylation sites (N-methyl/N-ethyl adjacent to an activating group) is 1. The molecule has 0 unspecified atom stereocenters. The van der Waals surface area contributed by atoms with Crippen LogP contribution in [-0.2, 0) is 4.79 Å². The number of nitrogens with zero attached hydrogens (tertiary/aromatic N) is 5. The van der Waals surface area contributed by atoms with Crippen LogP contribution in [0.4, 0.5) is 23.0 Å². The van der Waals surface area contributed by atoms with Crippen LogP contribution in [0, 0.1) is 0 Å². The minimum atomic E-state index is 0.0384. The summed E-state index contributed by atoms with van der Waals surface area (Å²) in [6, 6.07) is 16.0. The zero-order valence-corrected chi connectivity index (χ0v) is 22.4. The van der Waals surface area contributed by atoms with Gasteiger partial charge in [0.2, 0.25) is 17.7 Å². The number of piperazine rings is 1. The van der Waals surface area contributed by atoms with Gasteiger partial charge in [-0.25, -0.2) is 4.98 Å². The molecule has 2 aliphatic rings. The molecule has 2 saturated heterocycles. The molecule has 1 aromatic heterocycles. The van der Waals surface area contributed by atoms with Crippen LogP contribution in [0.25, 0.3) is 0 Å². The van der Waals surface area contributed by atoms with Crippen LogP contribution in [0.1, 0.15) is 6.92 Å². The first-order valence-corrected chi connectivity index (χ1v) is 13.1. The molecule has 2 aliphatic heterocycles. The van der Waals surface area contributed by atoms with Gasteiger partial charge in [0.05, 0.1) is 12.2 Å². The molecule has 2 aromatic carbocycles. The maximum Gasteiger partial charge on any atom is 0.246 e. The summed E-state index contributed by atoms with van der Waals surface area (Å²) in [4.78, 5) is 27.2. The highest BCUT2D eigenvalue weighted by atomic mass is 35.5. The van der Waals surface area contributed by atoms with E-state index in [4.69, 9.17) is 16.3 Å². The fraction of sp³-hybridized carbons (Fsp3) is 0.321. The van der Waals surface area contributed by atoms with Crippen molar-refractivity contribution in [1.29, 1.82) is 0 Å². The van der Waals surface area contributed by atoms with Crippen molar-refractivity contribution in [2.45, 2.75) is 13.0 Å². The number of anilines is 4. The zero-order chi connectivity index (χ0) is 26.5. The lowest BCUT2D eigenvalue weighted by atomic mass is 10.1. The number of likely N-dealkylation sites (tertiary alicyclic amines) is 1. The molecule has 3 heterocycles. The van der Waals surface area contributed by atoms with Crippen molar-refractivity contribution in [3.05, 3.63) is 71.9 Å². The van der Waals surface area contributed by atoms with Gasteiger partial charge in [-0.15, -0.1) is 0 Å². The topological polar surface area (TPSA) is 85.9 Å². The van der Waals surface area contributed by atoms with Crippen molar-refractivity contribution in [1.82, 2.24) is 19.8 Å². The number of rotatable bonds is 8. The number of nitrogens with one attached hydrogen (secondary N) is 2. The Morgan fingerprint density at radius 1 is 1.08 bits per heavy atom. The minimum absolute atomic E-state index is 0.0384. The molecule has 0 saturated carbocycles. The Hall–Kier alpha value is -3.82. The minimum Gasteiger partial charge on any atom is -0.437 e. The predicted octanol–water partition coefficient (Wildman–Crippen LogP) is 4.62. The Kier molecular flexibility index (Phi) is 7.95. The average Bonchev–Trinajstić information content (AvgIpc) is 2.89. The van der Waals surface area contributed by atoms with Crippen molar-refractivity contribution in [3.8, 4) is 11.6 Å². The van der Waals surface area contributed by atoms with Gasteiger partial charge in [-0.2, -0.15) is 4.98 Å². The number of hydrogen-bond acceptors (Lipinski definition) is 8. The van der Waals surface area contributed by atoms with Crippen LogP contribution in [0.5, 0.6) is 11.6 Å². The smallest absolute Gasteiger partial charge is 0.246 e. The van der Waals surface area contributed by atoms with Gasteiger partial charge in [-0.1, -0.05) is 23.7 Å². The lowest BCUT2D eigenvalue weighted by molar-refractivity contribution is -0.129. The second-order valence-electron chi connectivity index (χ2n) is 9.52. The summed E-state index contributed by atoms with van der Waals surface area (Å²) < 4.78 is 6.01. The molecular formula is C28H32ClN7O2. The van der Waals surface area contributed by atoms with Crippen LogP contribution in [0.2, 0.25) is 5.02 Å². The van der Waals surface area contributed by atoms with Crippen molar-refractivity contribution >= 4 is 40.5 Å². The number of aromatic nitrogens is 2. The van der Waals surface area contributed by atoms with Gasteiger partial charge in [-0.05, 0) is 56.4 Å². The standard InChI is InChI=1S/C28H32ClN7O2/c1-3-5-26(37)36-18-22(19-36)31-21-6-4-7-24(16-21)38-27-25(29)17-30-28(33-27)32-20-8-10-23(11-9-20)35-14-12-34(2)13-15-35/h3-11,16-17,22,31H,12-15,18-19H2,1-2H3,(H,30,32,33)/b5-3-. The number of ether oxygens (including phenoxy) is 1. The van der Waals surface area contributed by atoms with Crippen LogP contribution in [0.3, 0.4) is 0 Å². The molecule has 3 aromatic rings. The predicted molar refractivity (Wildman–Crippen MR) is 152 cm³/mol. The molecule has 0 spiro atoms. The fourth-order valence-corrected chi connectivity index (χ4v) is 4.56. The van der Waals surface area contributed by atoms with E-state index in [0.29, 0.717) is 29.8 Å². The second kappa shape index (κ2) is 11.7. The maximum absolute atomic E-state index is 11.9. The third-order valence-corrected chi connectivity index (χ3v) is 6.88. The van der Waals surface area contributed by atoms with Gasteiger partial charge in [0.1, 0.15) is 10.8 Å². The summed E-state index contributed by atoms with van der Waals surface area (Å²) in [7, 11) is 2.15. The maximum atomic E-state index is 11.9. The lowest BCUT2D eigenvalue weighted by Crippen LogP contribution is -2.56. The molecule has 0 radical (unpaired) electrons. The van der Waals surface area contributed by atoms with E-state index >= 15 is 0 Å². The van der Waals surface area contributed by atoms with E-state index in [1.807, 2.05) is 43.3 Å².